The second-order valence-electron chi connectivity index (χ2n) is 11.0. The molecule has 3 nitrogen and oxygen atoms in total. The van der Waals surface area contributed by atoms with E-state index >= 15 is 0 Å². The summed E-state index contributed by atoms with van der Waals surface area (Å²) in [6.07, 6.45) is 15.3. The summed E-state index contributed by atoms with van der Waals surface area (Å²) in [6.45, 7) is 9.79. The first kappa shape index (κ1) is 20.4. The largest absolute Gasteiger partial charge is 0.393 e. The predicted octanol–water partition coefficient (Wildman–Crippen LogP) is 6.21. The molecule has 7 atom stereocenters. The Kier molecular flexibility index (Phi) is 4.96. The lowest BCUT2D eigenvalue weighted by molar-refractivity contribution is -0.0468. The van der Waals surface area contributed by atoms with Crippen LogP contribution in [0, 0.1) is 34.5 Å². The Hall–Kier alpha value is -1.48. The standard InChI is InChI=1S/C27H38N2O/c1-5-17-13-19-15-20(30)7-10-26(19,3)21-8-11-27(4)22(24(17)21)14-18(6-2)25(27)23-9-12-28-16-29-23/h9,12-13,16-17,20-22,24,30H,5-8,10-11,14-15H2,1-4H3/t17-,20-,21-,22-,24+,26-,27-/m0/s1. The number of hydrogen-bond donors (Lipinski definition) is 1. The molecule has 0 amide bonds. The van der Waals surface area contributed by atoms with Crippen LogP contribution >= 0.6 is 0 Å². The minimum atomic E-state index is -0.128. The van der Waals surface area contributed by atoms with E-state index in [0.717, 1.165) is 43.2 Å². The Labute approximate surface area is 182 Å². The molecule has 0 unspecified atom stereocenters. The van der Waals surface area contributed by atoms with Crippen molar-refractivity contribution in [1.82, 2.24) is 9.97 Å². The lowest BCUT2D eigenvalue weighted by atomic mass is 9.45. The SMILES string of the molecule is CCC1=C(c2ccncn2)[C@@]2(C)CC[C@H]3[C@@H]([C@@H](CC)C=C4C[C@@H](O)CC[C@@]43C)[C@@H]2C1. The number of aromatic nitrogens is 2. The maximum atomic E-state index is 10.4. The van der Waals surface area contributed by atoms with Crippen LogP contribution in [0.3, 0.4) is 0 Å². The average molecular weight is 407 g/mol. The minimum Gasteiger partial charge on any atom is -0.393 e. The monoisotopic (exact) mass is 406 g/mol. The van der Waals surface area contributed by atoms with Gasteiger partial charge in [-0.2, -0.15) is 0 Å². The van der Waals surface area contributed by atoms with Gasteiger partial charge in [-0.25, -0.2) is 9.97 Å². The predicted molar refractivity (Wildman–Crippen MR) is 121 cm³/mol. The highest BCUT2D eigenvalue weighted by Crippen LogP contribution is 2.68. The first-order chi connectivity index (χ1) is 14.4. The van der Waals surface area contributed by atoms with Crippen LogP contribution in [0.5, 0.6) is 0 Å². The van der Waals surface area contributed by atoms with Crippen molar-refractivity contribution in [2.24, 2.45) is 34.5 Å². The van der Waals surface area contributed by atoms with Crippen LogP contribution in [0.2, 0.25) is 0 Å². The number of fused-ring (bicyclic) bond motifs is 5. The zero-order valence-corrected chi connectivity index (χ0v) is 19.2. The molecule has 2 saturated carbocycles. The quantitative estimate of drug-likeness (QED) is 0.607. The lowest BCUT2D eigenvalue weighted by Crippen LogP contribution is -2.52. The summed E-state index contributed by atoms with van der Waals surface area (Å²) in [7, 11) is 0. The third-order valence-corrected chi connectivity index (χ3v) is 9.76. The van der Waals surface area contributed by atoms with Crippen LogP contribution in [0.25, 0.3) is 5.57 Å². The Balaban J connectivity index is 1.58. The van der Waals surface area contributed by atoms with E-state index in [1.165, 1.54) is 25.7 Å². The van der Waals surface area contributed by atoms with E-state index in [1.807, 2.05) is 6.20 Å². The van der Waals surface area contributed by atoms with Gasteiger partial charge in [-0.05, 0) is 97.5 Å². The molecule has 0 aromatic carbocycles. The molecule has 162 valence electrons. The summed E-state index contributed by atoms with van der Waals surface area (Å²) in [5, 5.41) is 10.4. The van der Waals surface area contributed by atoms with Crippen molar-refractivity contribution in [2.45, 2.75) is 85.2 Å². The van der Waals surface area contributed by atoms with Gasteiger partial charge < -0.3 is 5.11 Å². The molecular weight excluding hydrogens is 368 g/mol. The van der Waals surface area contributed by atoms with Gasteiger partial charge in [0.15, 0.2) is 0 Å². The summed E-state index contributed by atoms with van der Waals surface area (Å²) in [5.74, 6) is 2.87. The molecule has 2 fully saturated rings. The second kappa shape index (κ2) is 7.29. The van der Waals surface area contributed by atoms with Crippen molar-refractivity contribution < 1.29 is 5.11 Å². The van der Waals surface area contributed by atoms with Crippen molar-refractivity contribution >= 4 is 5.57 Å². The Morgan fingerprint density at radius 3 is 2.57 bits per heavy atom. The highest BCUT2D eigenvalue weighted by molar-refractivity contribution is 5.74. The van der Waals surface area contributed by atoms with E-state index < -0.39 is 0 Å². The Morgan fingerprint density at radius 2 is 1.87 bits per heavy atom. The molecule has 4 aliphatic carbocycles. The van der Waals surface area contributed by atoms with Crippen molar-refractivity contribution in [3.63, 3.8) is 0 Å². The fourth-order valence-electron chi connectivity index (χ4n) is 8.21. The summed E-state index contributed by atoms with van der Waals surface area (Å²) in [5.41, 5.74) is 6.44. The number of allylic oxidation sites excluding steroid dienone is 3. The van der Waals surface area contributed by atoms with Crippen LogP contribution < -0.4 is 0 Å². The summed E-state index contributed by atoms with van der Waals surface area (Å²) >= 11 is 0. The van der Waals surface area contributed by atoms with Gasteiger partial charge in [-0.15, -0.1) is 0 Å². The number of aliphatic hydroxyl groups is 1. The molecule has 1 aromatic heterocycles. The van der Waals surface area contributed by atoms with Gasteiger partial charge in [0.2, 0.25) is 0 Å². The highest BCUT2D eigenvalue weighted by atomic mass is 16.3. The highest BCUT2D eigenvalue weighted by Gasteiger charge is 2.59. The molecule has 30 heavy (non-hydrogen) atoms. The zero-order valence-electron chi connectivity index (χ0n) is 19.2. The van der Waals surface area contributed by atoms with Crippen molar-refractivity contribution in [2.75, 3.05) is 0 Å². The van der Waals surface area contributed by atoms with E-state index in [-0.39, 0.29) is 11.5 Å². The van der Waals surface area contributed by atoms with Crippen LogP contribution in [0.15, 0.2) is 35.8 Å². The fourth-order valence-corrected chi connectivity index (χ4v) is 8.21. The van der Waals surface area contributed by atoms with Gasteiger partial charge in [-0.3, -0.25) is 0 Å². The third-order valence-electron chi connectivity index (χ3n) is 9.76. The lowest BCUT2D eigenvalue weighted by Gasteiger charge is -2.59. The molecule has 1 N–H and O–H groups in total. The molecule has 3 heteroatoms. The number of hydrogen-bond acceptors (Lipinski definition) is 3. The maximum Gasteiger partial charge on any atom is 0.116 e. The van der Waals surface area contributed by atoms with Gasteiger partial charge in [0.05, 0.1) is 11.8 Å². The fraction of sp³-hybridized carbons (Fsp3) is 0.704. The smallest absolute Gasteiger partial charge is 0.116 e. The van der Waals surface area contributed by atoms with E-state index in [4.69, 9.17) is 4.98 Å². The molecule has 5 rings (SSSR count). The van der Waals surface area contributed by atoms with Gasteiger partial charge in [0, 0.05) is 6.20 Å². The van der Waals surface area contributed by atoms with E-state index in [1.54, 1.807) is 23.0 Å². The van der Waals surface area contributed by atoms with E-state index in [0.29, 0.717) is 17.3 Å². The minimum absolute atomic E-state index is 0.128. The molecule has 1 aromatic rings. The zero-order chi connectivity index (χ0) is 21.1. The molecule has 0 spiro atoms. The number of rotatable bonds is 3. The van der Waals surface area contributed by atoms with Crippen LogP contribution in [0.4, 0.5) is 0 Å². The van der Waals surface area contributed by atoms with Crippen molar-refractivity contribution in [3.8, 4) is 0 Å². The van der Waals surface area contributed by atoms with Crippen LogP contribution in [-0.2, 0) is 0 Å². The molecule has 0 radical (unpaired) electrons. The van der Waals surface area contributed by atoms with Crippen molar-refractivity contribution in [3.05, 3.63) is 41.5 Å². The van der Waals surface area contributed by atoms with Gasteiger partial charge in [-0.1, -0.05) is 44.9 Å². The molecule has 0 saturated heterocycles. The van der Waals surface area contributed by atoms with Crippen molar-refractivity contribution in [1.29, 1.82) is 0 Å². The van der Waals surface area contributed by atoms with Crippen LogP contribution in [0.1, 0.15) is 84.8 Å². The van der Waals surface area contributed by atoms with E-state index in [9.17, 15) is 5.11 Å². The molecular formula is C27H38N2O. The van der Waals surface area contributed by atoms with Gasteiger partial charge in [0.1, 0.15) is 6.33 Å². The molecule has 1 heterocycles. The van der Waals surface area contributed by atoms with Crippen LogP contribution in [-0.4, -0.2) is 21.2 Å². The first-order valence-electron chi connectivity index (χ1n) is 12.3. The number of nitrogens with zero attached hydrogens (tertiary/aromatic N) is 2. The Bertz CT molecular complexity index is 874. The normalized spacial score (nSPS) is 43.0. The second-order valence-corrected chi connectivity index (χ2v) is 11.0. The average Bonchev–Trinajstić information content (AvgIpc) is 3.06. The summed E-state index contributed by atoms with van der Waals surface area (Å²) in [6, 6.07) is 2.13. The summed E-state index contributed by atoms with van der Waals surface area (Å²) in [4.78, 5) is 8.90. The van der Waals surface area contributed by atoms with E-state index in [2.05, 4.69) is 44.8 Å². The maximum absolute atomic E-state index is 10.4. The Morgan fingerprint density at radius 1 is 1.07 bits per heavy atom. The van der Waals surface area contributed by atoms with Gasteiger partial charge >= 0.3 is 0 Å². The first-order valence-corrected chi connectivity index (χ1v) is 12.3. The molecule has 0 bridgehead atoms. The molecule has 0 aliphatic heterocycles. The molecule has 4 aliphatic rings. The topological polar surface area (TPSA) is 46.0 Å². The van der Waals surface area contributed by atoms with Gasteiger partial charge in [0.25, 0.3) is 0 Å². The summed E-state index contributed by atoms with van der Waals surface area (Å²) < 4.78 is 0. The number of aliphatic hydroxyl groups excluding tert-OH is 1. The third kappa shape index (κ3) is 2.80.